The molecule has 2 heterocycles. The minimum absolute atomic E-state index is 0.0218. The second-order valence-corrected chi connectivity index (χ2v) is 9.81. The van der Waals surface area contributed by atoms with Gasteiger partial charge in [0.15, 0.2) is 5.13 Å². The molecule has 2 aromatic rings. The van der Waals surface area contributed by atoms with Gasteiger partial charge in [0.25, 0.3) is 0 Å². The molecule has 0 bridgehead atoms. The summed E-state index contributed by atoms with van der Waals surface area (Å²) < 4.78 is 0. The number of anilines is 1. The van der Waals surface area contributed by atoms with Crippen LogP contribution in [0.1, 0.15) is 57.2 Å². The molecule has 0 atom stereocenters. The monoisotopic (exact) mass is 471 g/mol. The molecule has 9 heteroatoms. The maximum Gasteiger partial charge on any atom is 0.245 e. The summed E-state index contributed by atoms with van der Waals surface area (Å²) in [5, 5.41) is 7.83. The van der Waals surface area contributed by atoms with Crippen LogP contribution < -0.4 is 10.6 Å². The Morgan fingerprint density at radius 1 is 1.18 bits per heavy atom. The van der Waals surface area contributed by atoms with Crippen LogP contribution in [0.2, 0.25) is 0 Å². The van der Waals surface area contributed by atoms with Gasteiger partial charge in [-0.2, -0.15) is 0 Å². The van der Waals surface area contributed by atoms with Crippen molar-refractivity contribution in [3.8, 4) is 0 Å². The number of carbonyl (C=O) groups excluding carboxylic acids is 3. The van der Waals surface area contributed by atoms with Crippen molar-refractivity contribution < 1.29 is 14.4 Å². The van der Waals surface area contributed by atoms with Crippen LogP contribution in [0.3, 0.4) is 0 Å². The number of carbonyl (C=O) groups is 3. The summed E-state index contributed by atoms with van der Waals surface area (Å²) in [6, 6.07) is 3.72. The first-order valence-corrected chi connectivity index (χ1v) is 12.5. The van der Waals surface area contributed by atoms with E-state index < -0.39 is 0 Å². The molecule has 1 saturated carbocycles. The van der Waals surface area contributed by atoms with E-state index in [-0.39, 0.29) is 42.5 Å². The van der Waals surface area contributed by atoms with Gasteiger partial charge in [-0.1, -0.05) is 39.2 Å². The van der Waals surface area contributed by atoms with Gasteiger partial charge in [-0.05, 0) is 30.4 Å². The van der Waals surface area contributed by atoms with Gasteiger partial charge in [-0.3, -0.25) is 19.4 Å². The largest absolute Gasteiger partial charge is 0.352 e. The first kappa shape index (κ1) is 24.8. The zero-order valence-electron chi connectivity index (χ0n) is 19.4. The average molecular weight is 472 g/mol. The highest BCUT2D eigenvalue weighted by molar-refractivity contribution is 7.13. The Hall–Kier alpha value is -2.81. The normalized spacial score (nSPS) is 14.2. The van der Waals surface area contributed by atoms with E-state index in [1.807, 2.05) is 26.0 Å². The van der Waals surface area contributed by atoms with Gasteiger partial charge >= 0.3 is 0 Å². The molecular weight excluding hydrogens is 438 g/mol. The second-order valence-electron chi connectivity index (χ2n) is 8.95. The quantitative estimate of drug-likeness (QED) is 0.553. The van der Waals surface area contributed by atoms with Crippen LogP contribution in [0.4, 0.5) is 5.13 Å². The molecule has 3 amide bonds. The van der Waals surface area contributed by atoms with Crippen LogP contribution in [-0.4, -0.2) is 45.7 Å². The van der Waals surface area contributed by atoms with Gasteiger partial charge in [0.1, 0.15) is 0 Å². The maximum absolute atomic E-state index is 13.0. The van der Waals surface area contributed by atoms with Gasteiger partial charge < -0.3 is 15.5 Å². The zero-order chi connectivity index (χ0) is 23.6. The van der Waals surface area contributed by atoms with Gasteiger partial charge in [-0.25, -0.2) is 4.98 Å². The number of pyridine rings is 1. The summed E-state index contributed by atoms with van der Waals surface area (Å²) in [4.78, 5) is 47.9. The summed E-state index contributed by atoms with van der Waals surface area (Å²) in [6.07, 6.45) is 8.68. The van der Waals surface area contributed by atoms with Gasteiger partial charge in [0.2, 0.25) is 17.7 Å². The molecule has 1 aliphatic carbocycles. The molecule has 3 rings (SSSR count). The van der Waals surface area contributed by atoms with E-state index in [9.17, 15) is 14.4 Å². The lowest BCUT2D eigenvalue weighted by Gasteiger charge is -2.30. The van der Waals surface area contributed by atoms with Crippen molar-refractivity contribution in [3.63, 3.8) is 0 Å². The first-order valence-electron chi connectivity index (χ1n) is 11.6. The van der Waals surface area contributed by atoms with Crippen LogP contribution in [-0.2, 0) is 27.3 Å². The maximum atomic E-state index is 13.0. The number of nitrogens with one attached hydrogen (secondary N) is 2. The van der Waals surface area contributed by atoms with E-state index in [0.717, 1.165) is 31.2 Å². The van der Waals surface area contributed by atoms with E-state index in [2.05, 4.69) is 20.6 Å². The Balaban J connectivity index is 1.49. The van der Waals surface area contributed by atoms with E-state index in [1.54, 1.807) is 22.7 Å². The third-order valence-corrected chi connectivity index (χ3v) is 6.34. The minimum Gasteiger partial charge on any atom is -0.352 e. The first-order chi connectivity index (χ1) is 15.9. The number of hydrogen-bond acceptors (Lipinski definition) is 6. The second kappa shape index (κ2) is 12.4. The fourth-order valence-corrected chi connectivity index (χ4v) is 4.72. The predicted molar refractivity (Wildman–Crippen MR) is 129 cm³/mol. The van der Waals surface area contributed by atoms with Crippen LogP contribution in [0.15, 0.2) is 29.9 Å². The predicted octanol–water partition coefficient (Wildman–Crippen LogP) is 3.40. The van der Waals surface area contributed by atoms with Crippen molar-refractivity contribution in [1.82, 2.24) is 20.2 Å². The van der Waals surface area contributed by atoms with Crippen LogP contribution in [0.5, 0.6) is 0 Å². The number of amides is 3. The molecule has 2 N–H and O–H groups in total. The fraction of sp³-hybridized carbons (Fsp3) is 0.542. The van der Waals surface area contributed by atoms with E-state index in [0.29, 0.717) is 23.9 Å². The Labute approximate surface area is 199 Å². The molecule has 33 heavy (non-hydrogen) atoms. The zero-order valence-corrected chi connectivity index (χ0v) is 20.2. The molecule has 0 aliphatic heterocycles. The summed E-state index contributed by atoms with van der Waals surface area (Å²) in [7, 11) is 0. The Bertz CT molecular complexity index is 925. The van der Waals surface area contributed by atoms with Crippen LogP contribution in [0, 0.1) is 11.8 Å². The molecule has 0 spiro atoms. The summed E-state index contributed by atoms with van der Waals surface area (Å²) in [5.74, 6) is -0.0162. The molecule has 0 saturated heterocycles. The molecule has 178 valence electrons. The third-order valence-electron chi connectivity index (χ3n) is 5.54. The molecule has 0 radical (unpaired) electrons. The average Bonchev–Trinajstić information content (AvgIpc) is 3.24. The molecular formula is C24H33N5O3S. The highest BCUT2D eigenvalue weighted by atomic mass is 32.1. The fourth-order valence-electron chi connectivity index (χ4n) is 3.99. The van der Waals surface area contributed by atoms with E-state index in [1.165, 1.54) is 17.8 Å². The summed E-state index contributed by atoms with van der Waals surface area (Å²) >= 11 is 1.28. The smallest absolute Gasteiger partial charge is 0.245 e. The van der Waals surface area contributed by atoms with Crippen molar-refractivity contribution >= 4 is 34.2 Å². The molecule has 8 nitrogen and oxygen atoms in total. The van der Waals surface area contributed by atoms with Gasteiger partial charge in [0, 0.05) is 36.8 Å². The van der Waals surface area contributed by atoms with Crippen molar-refractivity contribution in [2.24, 2.45) is 11.8 Å². The van der Waals surface area contributed by atoms with Crippen LogP contribution >= 0.6 is 11.3 Å². The molecule has 2 aromatic heterocycles. The standard InChI is InChI=1S/C24H33N5O3S/c1-17(2)14-29(23(32)19-8-4-3-5-9-19)15-22(31)28-24-27-20(16-33-24)11-21(30)26-13-18-7-6-10-25-12-18/h6-7,10,12,16-17,19H,3-5,8-9,11,13-15H2,1-2H3,(H,26,30)(H,27,28,31). The highest BCUT2D eigenvalue weighted by Crippen LogP contribution is 2.26. The molecule has 1 fully saturated rings. The topological polar surface area (TPSA) is 104 Å². The SMILES string of the molecule is CC(C)CN(CC(=O)Nc1nc(CC(=O)NCc2cccnc2)cs1)C(=O)C1CCCCC1. The van der Waals surface area contributed by atoms with Crippen molar-refractivity contribution in [3.05, 3.63) is 41.2 Å². The Morgan fingerprint density at radius 2 is 1.97 bits per heavy atom. The molecule has 0 aromatic carbocycles. The number of rotatable bonds is 10. The van der Waals surface area contributed by atoms with Crippen molar-refractivity contribution in [1.29, 1.82) is 0 Å². The summed E-state index contributed by atoms with van der Waals surface area (Å²) in [6.45, 7) is 5.08. The van der Waals surface area contributed by atoms with Gasteiger partial charge in [-0.15, -0.1) is 11.3 Å². The molecule has 1 aliphatic rings. The number of thiazole rings is 1. The number of nitrogens with zero attached hydrogens (tertiary/aromatic N) is 3. The molecule has 0 unspecified atom stereocenters. The number of aromatic nitrogens is 2. The number of hydrogen-bond donors (Lipinski definition) is 2. The van der Waals surface area contributed by atoms with Crippen LogP contribution in [0.25, 0.3) is 0 Å². The minimum atomic E-state index is -0.262. The third kappa shape index (κ3) is 8.24. The van der Waals surface area contributed by atoms with E-state index in [4.69, 9.17) is 0 Å². The lowest BCUT2D eigenvalue weighted by Crippen LogP contribution is -2.43. The lowest BCUT2D eigenvalue weighted by molar-refractivity contribution is -0.139. The Morgan fingerprint density at radius 3 is 2.67 bits per heavy atom. The van der Waals surface area contributed by atoms with Crippen molar-refractivity contribution in [2.75, 3.05) is 18.4 Å². The lowest BCUT2D eigenvalue weighted by atomic mass is 9.88. The van der Waals surface area contributed by atoms with Gasteiger partial charge in [0.05, 0.1) is 18.7 Å². The van der Waals surface area contributed by atoms with Crippen molar-refractivity contribution in [2.45, 2.75) is 58.9 Å². The van der Waals surface area contributed by atoms with E-state index >= 15 is 0 Å². The Kier molecular flexibility index (Phi) is 9.35. The highest BCUT2D eigenvalue weighted by Gasteiger charge is 2.27. The summed E-state index contributed by atoms with van der Waals surface area (Å²) in [5.41, 5.74) is 1.52.